The molecule has 0 aliphatic carbocycles. The van der Waals surface area contributed by atoms with Gasteiger partial charge in [-0.15, -0.1) is 0 Å². The van der Waals surface area contributed by atoms with Gasteiger partial charge in [-0.05, 0) is 51.3 Å². The van der Waals surface area contributed by atoms with Gasteiger partial charge in [0.1, 0.15) is 12.3 Å². The molecule has 1 amide bonds. The van der Waals surface area contributed by atoms with E-state index >= 15 is 0 Å². The van der Waals surface area contributed by atoms with E-state index in [9.17, 15) is 13.2 Å². The zero-order chi connectivity index (χ0) is 21.4. The highest BCUT2D eigenvalue weighted by molar-refractivity contribution is 7.92. The predicted octanol–water partition coefficient (Wildman–Crippen LogP) is 3.38. The van der Waals surface area contributed by atoms with Gasteiger partial charge in [0.05, 0.1) is 18.0 Å². The average Bonchev–Trinajstić information content (AvgIpc) is 2.64. The maximum Gasteiger partial charge on any atom is 0.240 e. The van der Waals surface area contributed by atoms with Gasteiger partial charge in [0.25, 0.3) is 0 Å². The lowest BCUT2D eigenvalue weighted by atomic mass is 10.1. The molecule has 0 bridgehead atoms. The molecule has 2 aromatic carbocycles. The monoisotopic (exact) mass is 418 g/mol. The average molecular weight is 419 g/mol. The van der Waals surface area contributed by atoms with Crippen LogP contribution in [0.25, 0.3) is 0 Å². The van der Waals surface area contributed by atoms with Gasteiger partial charge >= 0.3 is 0 Å². The van der Waals surface area contributed by atoms with E-state index in [1.807, 2.05) is 51.1 Å². The first-order valence-corrected chi connectivity index (χ1v) is 11.6. The molecule has 0 heterocycles. The summed E-state index contributed by atoms with van der Waals surface area (Å²) in [6.07, 6.45) is 2.67. The molecule has 0 aliphatic heterocycles. The molecule has 29 heavy (non-hydrogen) atoms. The molecule has 2 rings (SSSR count). The van der Waals surface area contributed by atoms with Crippen molar-refractivity contribution >= 4 is 21.6 Å². The number of rotatable bonds is 10. The first kappa shape index (κ1) is 22.7. The third-order valence-corrected chi connectivity index (χ3v) is 5.42. The number of ether oxygens (including phenoxy) is 1. The van der Waals surface area contributed by atoms with Gasteiger partial charge < -0.3 is 10.1 Å². The van der Waals surface area contributed by atoms with Crippen LogP contribution in [0.4, 0.5) is 5.69 Å². The normalized spacial score (nSPS) is 12.4. The number of benzene rings is 2. The molecule has 0 spiro atoms. The summed E-state index contributed by atoms with van der Waals surface area (Å²) in [5, 5.41) is 2.89. The number of anilines is 1. The number of amides is 1. The Balaban J connectivity index is 2.02. The second-order valence-electron chi connectivity index (χ2n) is 7.43. The van der Waals surface area contributed by atoms with E-state index in [4.69, 9.17) is 4.74 Å². The molecular weight excluding hydrogens is 388 g/mol. The van der Waals surface area contributed by atoms with E-state index in [2.05, 4.69) is 5.32 Å². The van der Waals surface area contributed by atoms with Gasteiger partial charge in [-0.3, -0.25) is 9.10 Å². The summed E-state index contributed by atoms with van der Waals surface area (Å²) in [5.41, 5.74) is 1.60. The molecule has 0 unspecified atom stereocenters. The SMILES string of the molecule is CC(C)Oc1cccc(N(CC(=O)N[C@H](C)CCc2ccccc2)S(C)(=O)=O)c1. The third kappa shape index (κ3) is 7.77. The smallest absolute Gasteiger partial charge is 0.240 e. The summed E-state index contributed by atoms with van der Waals surface area (Å²) < 4.78 is 31.3. The van der Waals surface area contributed by atoms with Gasteiger partial charge in [0.15, 0.2) is 0 Å². The molecule has 7 heteroatoms. The van der Waals surface area contributed by atoms with E-state index in [1.54, 1.807) is 24.3 Å². The number of sulfonamides is 1. The minimum Gasteiger partial charge on any atom is -0.491 e. The third-order valence-electron chi connectivity index (χ3n) is 4.28. The van der Waals surface area contributed by atoms with E-state index in [0.29, 0.717) is 11.4 Å². The van der Waals surface area contributed by atoms with Crippen LogP contribution in [0.3, 0.4) is 0 Å². The van der Waals surface area contributed by atoms with Crippen molar-refractivity contribution in [2.45, 2.75) is 45.8 Å². The number of nitrogens with zero attached hydrogens (tertiary/aromatic N) is 1. The summed E-state index contributed by atoms with van der Waals surface area (Å²) >= 11 is 0. The molecule has 0 radical (unpaired) electrons. The van der Waals surface area contributed by atoms with E-state index in [1.165, 1.54) is 5.56 Å². The summed E-state index contributed by atoms with van der Waals surface area (Å²) in [6.45, 7) is 5.43. The van der Waals surface area contributed by atoms with E-state index < -0.39 is 10.0 Å². The Labute approximate surface area is 173 Å². The van der Waals surface area contributed by atoms with Gasteiger partial charge in [-0.1, -0.05) is 36.4 Å². The molecule has 0 aromatic heterocycles. The van der Waals surface area contributed by atoms with E-state index in [0.717, 1.165) is 23.4 Å². The van der Waals surface area contributed by atoms with Crippen LogP contribution in [-0.2, 0) is 21.2 Å². The first-order chi connectivity index (χ1) is 13.6. The van der Waals surface area contributed by atoms with Gasteiger partial charge in [-0.2, -0.15) is 0 Å². The van der Waals surface area contributed by atoms with Crippen LogP contribution in [0.2, 0.25) is 0 Å². The van der Waals surface area contributed by atoms with Gasteiger partial charge in [-0.25, -0.2) is 8.42 Å². The quantitative estimate of drug-likeness (QED) is 0.642. The predicted molar refractivity (Wildman–Crippen MR) is 117 cm³/mol. The zero-order valence-electron chi connectivity index (χ0n) is 17.5. The highest BCUT2D eigenvalue weighted by Gasteiger charge is 2.22. The Kier molecular flexibility index (Phi) is 8.08. The molecule has 0 fully saturated rings. The fourth-order valence-electron chi connectivity index (χ4n) is 2.94. The van der Waals surface area contributed by atoms with Gasteiger partial charge in [0, 0.05) is 12.1 Å². The van der Waals surface area contributed by atoms with Crippen LogP contribution in [0.1, 0.15) is 32.8 Å². The standard InChI is InChI=1S/C22H30N2O4S/c1-17(2)28-21-12-8-11-20(15-21)24(29(4,26)27)16-22(25)23-18(3)13-14-19-9-6-5-7-10-19/h5-12,15,17-18H,13-14,16H2,1-4H3,(H,23,25)/t18-/m1/s1. The van der Waals surface area contributed by atoms with Crippen LogP contribution in [0, 0.1) is 0 Å². The Morgan fingerprint density at radius 3 is 2.38 bits per heavy atom. The second-order valence-corrected chi connectivity index (χ2v) is 9.33. The molecule has 0 aliphatic rings. The minimum absolute atomic E-state index is 0.0364. The Morgan fingerprint density at radius 2 is 1.76 bits per heavy atom. The van der Waals surface area contributed by atoms with Crippen LogP contribution >= 0.6 is 0 Å². The molecule has 158 valence electrons. The van der Waals surface area contributed by atoms with Crippen LogP contribution in [0.15, 0.2) is 54.6 Å². The summed E-state index contributed by atoms with van der Waals surface area (Å²) in [4.78, 5) is 12.5. The molecule has 0 saturated carbocycles. The molecule has 6 nitrogen and oxygen atoms in total. The Bertz CT molecular complexity index is 898. The van der Waals surface area contributed by atoms with Crippen molar-refractivity contribution < 1.29 is 17.9 Å². The van der Waals surface area contributed by atoms with Crippen molar-refractivity contribution in [1.29, 1.82) is 0 Å². The number of hydrogen-bond donors (Lipinski definition) is 1. The van der Waals surface area contributed by atoms with Crippen molar-refractivity contribution in [2.75, 3.05) is 17.1 Å². The fraction of sp³-hybridized carbons (Fsp3) is 0.409. The van der Waals surface area contributed by atoms with Gasteiger partial charge in [0.2, 0.25) is 15.9 Å². The molecule has 1 atom stereocenters. The lowest BCUT2D eigenvalue weighted by molar-refractivity contribution is -0.120. The summed E-state index contributed by atoms with van der Waals surface area (Å²) in [7, 11) is -3.63. The molecule has 1 N–H and O–H groups in total. The number of hydrogen-bond acceptors (Lipinski definition) is 4. The number of aryl methyl sites for hydroxylation is 1. The highest BCUT2D eigenvalue weighted by atomic mass is 32.2. The van der Waals surface area contributed by atoms with Crippen molar-refractivity contribution in [1.82, 2.24) is 5.32 Å². The molecule has 2 aromatic rings. The topological polar surface area (TPSA) is 75.7 Å². The Morgan fingerprint density at radius 1 is 1.07 bits per heavy atom. The highest BCUT2D eigenvalue weighted by Crippen LogP contribution is 2.24. The summed E-state index contributed by atoms with van der Waals surface area (Å²) in [5.74, 6) is 0.217. The van der Waals surface area contributed by atoms with Crippen LogP contribution < -0.4 is 14.4 Å². The first-order valence-electron chi connectivity index (χ1n) is 9.73. The summed E-state index contributed by atoms with van der Waals surface area (Å²) in [6, 6.07) is 16.7. The number of nitrogens with one attached hydrogen (secondary N) is 1. The van der Waals surface area contributed by atoms with Crippen molar-refractivity contribution in [3.8, 4) is 5.75 Å². The fourth-order valence-corrected chi connectivity index (χ4v) is 3.78. The van der Waals surface area contributed by atoms with Crippen LogP contribution in [0.5, 0.6) is 5.75 Å². The molecular formula is C22H30N2O4S. The number of carbonyl (C=O) groups is 1. The van der Waals surface area contributed by atoms with Crippen LogP contribution in [-0.4, -0.2) is 39.3 Å². The minimum atomic E-state index is -3.63. The van der Waals surface area contributed by atoms with Crippen molar-refractivity contribution in [3.63, 3.8) is 0 Å². The Hall–Kier alpha value is -2.54. The van der Waals surface area contributed by atoms with Crippen molar-refractivity contribution in [2.24, 2.45) is 0 Å². The second kappa shape index (κ2) is 10.3. The lowest BCUT2D eigenvalue weighted by Crippen LogP contribution is -2.43. The number of carbonyl (C=O) groups excluding carboxylic acids is 1. The maximum absolute atomic E-state index is 12.5. The van der Waals surface area contributed by atoms with Crippen molar-refractivity contribution in [3.05, 3.63) is 60.2 Å². The van der Waals surface area contributed by atoms with E-state index in [-0.39, 0.29) is 24.6 Å². The molecule has 0 saturated heterocycles. The largest absolute Gasteiger partial charge is 0.491 e. The lowest BCUT2D eigenvalue weighted by Gasteiger charge is -2.24. The zero-order valence-corrected chi connectivity index (χ0v) is 18.3. The maximum atomic E-state index is 12.5.